The molecule has 0 amide bonds. The largest absolute Gasteiger partial charge is 0.235 e. The van der Waals surface area contributed by atoms with Crippen molar-refractivity contribution in [2.45, 2.75) is 18.8 Å². The standard InChI is InChI=1S/C15H12BrN3/c16-11-8-13-14(10-6-7-10)18-19(15(13)17-9-11)12-4-2-1-3-5-12/h1-5,8-10H,6-7H2. The minimum Gasteiger partial charge on any atom is -0.235 e. The normalized spacial score (nSPS) is 15.0. The smallest absolute Gasteiger partial charge is 0.163 e. The van der Waals surface area contributed by atoms with Gasteiger partial charge in [-0.25, -0.2) is 9.67 Å². The number of rotatable bonds is 2. The second-order valence-electron chi connectivity index (χ2n) is 4.93. The van der Waals surface area contributed by atoms with Gasteiger partial charge in [0.2, 0.25) is 0 Å². The van der Waals surface area contributed by atoms with Gasteiger partial charge in [-0.1, -0.05) is 18.2 Å². The second-order valence-corrected chi connectivity index (χ2v) is 5.85. The highest BCUT2D eigenvalue weighted by Crippen LogP contribution is 2.42. The van der Waals surface area contributed by atoms with Crippen LogP contribution in [0.15, 0.2) is 47.1 Å². The minimum absolute atomic E-state index is 0.614. The van der Waals surface area contributed by atoms with Crippen molar-refractivity contribution in [3.8, 4) is 5.69 Å². The maximum atomic E-state index is 4.80. The zero-order chi connectivity index (χ0) is 12.8. The van der Waals surface area contributed by atoms with Crippen LogP contribution in [0.3, 0.4) is 0 Å². The number of pyridine rings is 1. The van der Waals surface area contributed by atoms with E-state index < -0.39 is 0 Å². The van der Waals surface area contributed by atoms with Crippen molar-refractivity contribution in [2.75, 3.05) is 0 Å². The second kappa shape index (κ2) is 4.17. The van der Waals surface area contributed by atoms with Gasteiger partial charge in [-0.15, -0.1) is 0 Å². The lowest BCUT2D eigenvalue weighted by Crippen LogP contribution is -1.97. The number of nitrogens with zero attached hydrogens (tertiary/aromatic N) is 3. The highest BCUT2D eigenvalue weighted by Gasteiger charge is 2.29. The van der Waals surface area contributed by atoms with Gasteiger partial charge in [0.15, 0.2) is 5.65 Å². The van der Waals surface area contributed by atoms with E-state index in [0.717, 1.165) is 15.8 Å². The highest BCUT2D eigenvalue weighted by atomic mass is 79.9. The Balaban J connectivity index is 2.01. The maximum Gasteiger partial charge on any atom is 0.163 e. The summed E-state index contributed by atoms with van der Waals surface area (Å²) < 4.78 is 2.96. The third-order valence-corrected chi connectivity index (χ3v) is 3.92. The predicted octanol–water partition coefficient (Wildman–Crippen LogP) is 4.06. The lowest BCUT2D eigenvalue weighted by molar-refractivity contribution is 0.850. The predicted molar refractivity (Wildman–Crippen MR) is 78.5 cm³/mol. The summed E-state index contributed by atoms with van der Waals surface area (Å²) >= 11 is 3.50. The first-order chi connectivity index (χ1) is 9.33. The van der Waals surface area contributed by atoms with Crippen molar-refractivity contribution in [3.05, 3.63) is 52.8 Å². The van der Waals surface area contributed by atoms with Gasteiger partial charge in [0, 0.05) is 22.0 Å². The van der Waals surface area contributed by atoms with Crippen molar-refractivity contribution < 1.29 is 0 Å². The molecule has 0 N–H and O–H groups in total. The van der Waals surface area contributed by atoms with E-state index in [1.807, 2.05) is 29.1 Å². The Morgan fingerprint density at radius 2 is 1.95 bits per heavy atom. The molecule has 1 aromatic carbocycles. The molecule has 0 saturated heterocycles. The number of para-hydroxylation sites is 1. The van der Waals surface area contributed by atoms with Crippen LogP contribution in [-0.4, -0.2) is 14.8 Å². The van der Waals surface area contributed by atoms with Crippen LogP contribution in [0.4, 0.5) is 0 Å². The quantitative estimate of drug-likeness (QED) is 0.714. The molecule has 94 valence electrons. The summed E-state index contributed by atoms with van der Waals surface area (Å²) in [5, 5.41) is 5.96. The molecule has 1 saturated carbocycles. The van der Waals surface area contributed by atoms with Crippen LogP contribution in [0.2, 0.25) is 0 Å². The minimum atomic E-state index is 0.614. The molecule has 0 unspecified atom stereocenters. The first-order valence-corrected chi connectivity index (χ1v) is 7.22. The third-order valence-electron chi connectivity index (χ3n) is 3.48. The fourth-order valence-electron chi connectivity index (χ4n) is 2.41. The van der Waals surface area contributed by atoms with Crippen LogP contribution < -0.4 is 0 Å². The molecule has 1 fully saturated rings. The Labute approximate surface area is 119 Å². The van der Waals surface area contributed by atoms with E-state index in [-0.39, 0.29) is 0 Å². The summed E-state index contributed by atoms with van der Waals surface area (Å²) in [5.41, 5.74) is 3.19. The van der Waals surface area contributed by atoms with E-state index in [9.17, 15) is 0 Å². The van der Waals surface area contributed by atoms with Crippen LogP contribution in [0.1, 0.15) is 24.5 Å². The Morgan fingerprint density at radius 3 is 2.68 bits per heavy atom. The average molecular weight is 314 g/mol. The van der Waals surface area contributed by atoms with Crippen molar-refractivity contribution in [3.63, 3.8) is 0 Å². The number of aromatic nitrogens is 3. The van der Waals surface area contributed by atoms with Gasteiger partial charge in [0.05, 0.1) is 11.4 Å². The van der Waals surface area contributed by atoms with Crippen LogP contribution in [-0.2, 0) is 0 Å². The Bertz CT molecular complexity index is 745. The summed E-state index contributed by atoms with van der Waals surface area (Å²) in [5.74, 6) is 0.614. The Morgan fingerprint density at radius 1 is 1.16 bits per heavy atom. The summed E-state index contributed by atoms with van der Waals surface area (Å²) in [6, 6.07) is 12.3. The summed E-state index contributed by atoms with van der Waals surface area (Å²) in [6.07, 6.45) is 4.32. The topological polar surface area (TPSA) is 30.7 Å². The molecule has 1 aliphatic carbocycles. The van der Waals surface area contributed by atoms with Crippen LogP contribution in [0.25, 0.3) is 16.7 Å². The van der Waals surface area contributed by atoms with Gasteiger partial charge < -0.3 is 0 Å². The molecule has 19 heavy (non-hydrogen) atoms. The molecule has 0 spiro atoms. The average Bonchev–Trinajstić information content (AvgIpc) is 3.21. The first kappa shape index (κ1) is 11.2. The van der Waals surface area contributed by atoms with Crippen LogP contribution >= 0.6 is 15.9 Å². The fraction of sp³-hybridized carbons (Fsp3) is 0.200. The SMILES string of the molecule is Brc1cnc2c(c1)c(C1CC1)nn2-c1ccccc1. The number of hydrogen-bond acceptors (Lipinski definition) is 2. The van der Waals surface area contributed by atoms with Gasteiger partial charge in [-0.2, -0.15) is 5.10 Å². The molecule has 4 heteroatoms. The molecule has 3 aromatic rings. The number of hydrogen-bond donors (Lipinski definition) is 0. The molecule has 2 aromatic heterocycles. The Kier molecular flexibility index (Phi) is 2.45. The summed E-state index contributed by atoms with van der Waals surface area (Å²) in [7, 11) is 0. The molecule has 3 nitrogen and oxygen atoms in total. The monoisotopic (exact) mass is 313 g/mol. The van der Waals surface area contributed by atoms with E-state index >= 15 is 0 Å². The van der Waals surface area contributed by atoms with Gasteiger partial charge in [-0.3, -0.25) is 0 Å². The molecule has 4 rings (SSSR count). The third kappa shape index (κ3) is 1.87. The van der Waals surface area contributed by atoms with E-state index in [4.69, 9.17) is 5.10 Å². The van der Waals surface area contributed by atoms with E-state index in [1.54, 1.807) is 0 Å². The van der Waals surface area contributed by atoms with E-state index in [2.05, 4.69) is 39.1 Å². The van der Waals surface area contributed by atoms with Crippen molar-refractivity contribution >= 4 is 27.0 Å². The zero-order valence-corrected chi connectivity index (χ0v) is 11.8. The molecule has 0 atom stereocenters. The molecule has 1 aliphatic rings. The lowest BCUT2D eigenvalue weighted by Gasteiger charge is -2.01. The van der Waals surface area contributed by atoms with Crippen molar-refractivity contribution in [1.82, 2.24) is 14.8 Å². The lowest BCUT2D eigenvalue weighted by atomic mass is 10.2. The molecule has 0 radical (unpaired) electrons. The maximum absolute atomic E-state index is 4.80. The first-order valence-electron chi connectivity index (χ1n) is 6.42. The van der Waals surface area contributed by atoms with E-state index in [1.165, 1.54) is 23.9 Å². The number of benzene rings is 1. The van der Waals surface area contributed by atoms with E-state index in [0.29, 0.717) is 5.92 Å². The molecule has 0 aliphatic heterocycles. The highest BCUT2D eigenvalue weighted by molar-refractivity contribution is 9.10. The fourth-order valence-corrected chi connectivity index (χ4v) is 2.74. The molecular weight excluding hydrogens is 302 g/mol. The van der Waals surface area contributed by atoms with Gasteiger partial charge in [0.1, 0.15) is 0 Å². The van der Waals surface area contributed by atoms with Crippen LogP contribution in [0.5, 0.6) is 0 Å². The van der Waals surface area contributed by atoms with Crippen molar-refractivity contribution in [1.29, 1.82) is 0 Å². The number of halogens is 1. The zero-order valence-electron chi connectivity index (χ0n) is 10.3. The van der Waals surface area contributed by atoms with Gasteiger partial charge in [0.25, 0.3) is 0 Å². The summed E-state index contributed by atoms with van der Waals surface area (Å²) in [4.78, 5) is 4.54. The molecular formula is C15H12BrN3. The summed E-state index contributed by atoms with van der Waals surface area (Å²) in [6.45, 7) is 0. The molecule has 0 bridgehead atoms. The van der Waals surface area contributed by atoms with Crippen LogP contribution in [0, 0.1) is 0 Å². The van der Waals surface area contributed by atoms with Gasteiger partial charge >= 0.3 is 0 Å². The number of fused-ring (bicyclic) bond motifs is 1. The van der Waals surface area contributed by atoms with Gasteiger partial charge in [-0.05, 0) is 47.0 Å². The van der Waals surface area contributed by atoms with Crippen molar-refractivity contribution in [2.24, 2.45) is 0 Å². The Hall–Kier alpha value is -1.68. The molecule has 2 heterocycles.